The van der Waals surface area contributed by atoms with E-state index in [0.29, 0.717) is 5.92 Å². The second-order valence-electron chi connectivity index (χ2n) is 7.93. The second-order valence-corrected chi connectivity index (χ2v) is 7.93. The van der Waals surface area contributed by atoms with Gasteiger partial charge in [-0.1, -0.05) is 63.3 Å². The summed E-state index contributed by atoms with van der Waals surface area (Å²) in [7, 11) is 0. The summed E-state index contributed by atoms with van der Waals surface area (Å²) in [6.45, 7) is 8.58. The van der Waals surface area contributed by atoms with E-state index in [4.69, 9.17) is 9.97 Å². The van der Waals surface area contributed by atoms with Crippen molar-refractivity contribution in [2.45, 2.75) is 51.4 Å². The maximum absolute atomic E-state index is 9.57. The molecule has 3 heteroatoms. The first-order valence-corrected chi connectivity index (χ1v) is 9.83. The summed E-state index contributed by atoms with van der Waals surface area (Å²) in [4.78, 5) is 10.0. The summed E-state index contributed by atoms with van der Waals surface area (Å²) in [6, 6.07) is 12.6. The fourth-order valence-electron chi connectivity index (χ4n) is 4.63. The maximum atomic E-state index is 9.57. The number of nitriles is 1. The van der Waals surface area contributed by atoms with Crippen LogP contribution in [0.5, 0.6) is 0 Å². The number of allylic oxidation sites excluding steroid dienone is 3. The van der Waals surface area contributed by atoms with Crippen molar-refractivity contribution in [1.29, 1.82) is 5.26 Å². The molecular formula is C24H25N3. The highest BCUT2D eigenvalue weighted by Crippen LogP contribution is 2.49. The van der Waals surface area contributed by atoms with Crippen LogP contribution in [0, 0.1) is 17.2 Å². The minimum atomic E-state index is -0.227. The van der Waals surface area contributed by atoms with Gasteiger partial charge in [0.2, 0.25) is 0 Å². The number of rotatable bonds is 3. The molecule has 0 amide bonds. The van der Waals surface area contributed by atoms with Crippen molar-refractivity contribution >= 4 is 0 Å². The summed E-state index contributed by atoms with van der Waals surface area (Å²) < 4.78 is 0. The molecule has 1 aromatic heterocycles. The number of hydrogen-bond acceptors (Lipinski definition) is 3. The molecule has 0 aliphatic heterocycles. The van der Waals surface area contributed by atoms with Gasteiger partial charge in [0.05, 0.1) is 17.3 Å². The number of benzene rings is 1. The summed E-state index contributed by atoms with van der Waals surface area (Å²) in [5.74, 6) is 1.25. The van der Waals surface area contributed by atoms with Gasteiger partial charge in [-0.05, 0) is 42.7 Å². The third kappa shape index (κ3) is 2.90. The number of aromatic nitrogens is 2. The molecule has 0 spiro atoms. The van der Waals surface area contributed by atoms with Gasteiger partial charge in [0.15, 0.2) is 5.82 Å². The lowest BCUT2D eigenvalue weighted by atomic mass is 9.60. The predicted molar refractivity (Wildman–Crippen MR) is 108 cm³/mol. The van der Waals surface area contributed by atoms with Gasteiger partial charge in [-0.15, -0.1) is 0 Å². The average Bonchev–Trinajstić information content (AvgIpc) is 2.69. The molecular weight excluding hydrogens is 330 g/mol. The number of nitrogens with zero attached hydrogens (tertiary/aromatic N) is 3. The molecule has 0 fully saturated rings. The van der Waals surface area contributed by atoms with E-state index < -0.39 is 0 Å². The Labute approximate surface area is 161 Å². The molecule has 0 saturated carbocycles. The minimum absolute atomic E-state index is 0.227. The molecule has 0 saturated heterocycles. The third-order valence-electron chi connectivity index (χ3n) is 6.15. The molecule has 2 unspecified atom stereocenters. The van der Waals surface area contributed by atoms with Gasteiger partial charge >= 0.3 is 0 Å². The normalized spacial score (nSPS) is 23.8. The lowest BCUT2D eigenvalue weighted by Gasteiger charge is -2.44. The largest absolute Gasteiger partial charge is 0.233 e. The molecule has 2 aliphatic carbocycles. The molecule has 0 bridgehead atoms. The van der Waals surface area contributed by atoms with Crippen LogP contribution in [0.2, 0.25) is 0 Å². The monoisotopic (exact) mass is 355 g/mol. The predicted octanol–water partition coefficient (Wildman–Crippen LogP) is 5.33. The Morgan fingerprint density at radius 2 is 2.04 bits per heavy atom. The SMILES string of the molecule is C=C1CC2CCc3c(CCC)nc(-c4ccccc4)nc3C2(C)C=C1C#N. The highest BCUT2D eigenvalue weighted by molar-refractivity contribution is 5.58. The van der Waals surface area contributed by atoms with Crippen LogP contribution in [0.25, 0.3) is 11.4 Å². The van der Waals surface area contributed by atoms with Crippen molar-refractivity contribution in [3.8, 4) is 17.5 Å². The van der Waals surface area contributed by atoms with Crippen molar-refractivity contribution in [2.24, 2.45) is 5.92 Å². The van der Waals surface area contributed by atoms with E-state index in [1.165, 1.54) is 11.3 Å². The molecule has 0 N–H and O–H groups in total. The van der Waals surface area contributed by atoms with Crippen LogP contribution in [0.15, 0.2) is 54.1 Å². The van der Waals surface area contributed by atoms with Crippen molar-refractivity contribution in [2.75, 3.05) is 0 Å². The van der Waals surface area contributed by atoms with E-state index >= 15 is 0 Å². The Hall–Kier alpha value is -2.73. The summed E-state index contributed by atoms with van der Waals surface area (Å²) in [5, 5.41) is 9.57. The lowest BCUT2D eigenvalue weighted by molar-refractivity contribution is 0.291. The van der Waals surface area contributed by atoms with Crippen LogP contribution in [0.4, 0.5) is 0 Å². The van der Waals surface area contributed by atoms with Gasteiger partial charge in [0, 0.05) is 16.7 Å². The zero-order chi connectivity index (χ0) is 19.0. The third-order valence-corrected chi connectivity index (χ3v) is 6.15. The van der Waals surface area contributed by atoms with Crippen LogP contribution in [0.1, 0.15) is 50.1 Å². The smallest absolute Gasteiger partial charge is 0.159 e. The van der Waals surface area contributed by atoms with Crippen LogP contribution in [-0.2, 0) is 18.3 Å². The van der Waals surface area contributed by atoms with Gasteiger partial charge in [0.25, 0.3) is 0 Å². The van der Waals surface area contributed by atoms with E-state index in [-0.39, 0.29) is 5.41 Å². The molecule has 136 valence electrons. The molecule has 2 aromatic rings. The average molecular weight is 355 g/mol. The number of fused-ring (bicyclic) bond motifs is 3. The van der Waals surface area contributed by atoms with E-state index in [2.05, 4.69) is 44.7 Å². The summed E-state index contributed by atoms with van der Waals surface area (Å²) in [6.07, 6.45) is 7.15. The van der Waals surface area contributed by atoms with Crippen LogP contribution in [-0.4, -0.2) is 9.97 Å². The Morgan fingerprint density at radius 3 is 2.74 bits per heavy atom. The van der Waals surface area contributed by atoms with Crippen molar-refractivity contribution in [3.63, 3.8) is 0 Å². The summed E-state index contributed by atoms with van der Waals surface area (Å²) >= 11 is 0. The lowest BCUT2D eigenvalue weighted by Crippen LogP contribution is -2.40. The zero-order valence-corrected chi connectivity index (χ0v) is 16.1. The molecule has 4 rings (SSSR count). The van der Waals surface area contributed by atoms with Gasteiger partial charge < -0.3 is 0 Å². The first kappa shape index (κ1) is 17.7. The van der Waals surface area contributed by atoms with E-state index in [9.17, 15) is 5.26 Å². The van der Waals surface area contributed by atoms with Crippen molar-refractivity contribution in [1.82, 2.24) is 9.97 Å². The van der Waals surface area contributed by atoms with E-state index in [1.807, 2.05) is 18.2 Å². The Balaban J connectivity index is 1.95. The molecule has 3 nitrogen and oxygen atoms in total. The number of aryl methyl sites for hydroxylation is 1. The Morgan fingerprint density at radius 1 is 1.26 bits per heavy atom. The fourth-order valence-corrected chi connectivity index (χ4v) is 4.63. The molecule has 1 heterocycles. The fraction of sp³-hybridized carbons (Fsp3) is 0.375. The Bertz CT molecular complexity index is 965. The molecule has 27 heavy (non-hydrogen) atoms. The molecule has 2 atom stereocenters. The Kier molecular flexibility index (Phi) is 4.44. The maximum Gasteiger partial charge on any atom is 0.159 e. The van der Waals surface area contributed by atoms with E-state index in [0.717, 1.165) is 60.3 Å². The highest BCUT2D eigenvalue weighted by atomic mass is 14.9. The first-order valence-electron chi connectivity index (χ1n) is 9.83. The topological polar surface area (TPSA) is 49.6 Å². The van der Waals surface area contributed by atoms with Crippen LogP contribution in [0.3, 0.4) is 0 Å². The molecule has 2 aliphatic rings. The molecule has 1 aromatic carbocycles. The standard InChI is InChI=1S/C24H25N3/c1-4-8-21-20-12-11-19-13-16(2)18(15-25)14-24(19,3)22(20)27-23(26-21)17-9-6-5-7-10-17/h5-7,9-10,14,19H,2,4,8,11-13H2,1,3H3. The number of hydrogen-bond donors (Lipinski definition) is 0. The zero-order valence-electron chi connectivity index (χ0n) is 16.1. The first-order chi connectivity index (χ1) is 13.1. The van der Waals surface area contributed by atoms with Gasteiger partial charge in [-0.3, -0.25) is 0 Å². The minimum Gasteiger partial charge on any atom is -0.233 e. The van der Waals surface area contributed by atoms with Gasteiger partial charge in [-0.25, -0.2) is 9.97 Å². The molecule has 0 radical (unpaired) electrons. The summed E-state index contributed by atoms with van der Waals surface area (Å²) in [5.41, 5.74) is 6.11. The second kappa shape index (κ2) is 6.78. The van der Waals surface area contributed by atoms with Crippen LogP contribution >= 0.6 is 0 Å². The van der Waals surface area contributed by atoms with Crippen molar-refractivity contribution < 1.29 is 0 Å². The van der Waals surface area contributed by atoms with Crippen LogP contribution < -0.4 is 0 Å². The van der Waals surface area contributed by atoms with Crippen molar-refractivity contribution in [3.05, 3.63) is 71.1 Å². The quantitative estimate of drug-likeness (QED) is 0.748. The van der Waals surface area contributed by atoms with Gasteiger partial charge in [-0.2, -0.15) is 5.26 Å². The van der Waals surface area contributed by atoms with Gasteiger partial charge in [0.1, 0.15) is 0 Å². The highest BCUT2D eigenvalue weighted by Gasteiger charge is 2.44. The van der Waals surface area contributed by atoms with E-state index in [1.54, 1.807) is 0 Å².